The summed E-state index contributed by atoms with van der Waals surface area (Å²) in [5, 5.41) is 14.1. The van der Waals surface area contributed by atoms with Gasteiger partial charge in [0.25, 0.3) is 0 Å². The fourth-order valence-corrected chi connectivity index (χ4v) is 6.44. The Balaban J connectivity index is 1.03. The zero-order valence-corrected chi connectivity index (χ0v) is 26.8. The van der Waals surface area contributed by atoms with Gasteiger partial charge in [0.05, 0.1) is 61.8 Å². The Hall–Kier alpha value is -5.03. The van der Waals surface area contributed by atoms with Crippen LogP contribution in [-0.2, 0) is 11.3 Å². The molecule has 0 aromatic carbocycles. The molecule has 2 unspecified atom stereocenters. The number of carbonyl (C=O) groups is 1. The summed E-state index contributed by atoms with van der Waals surface area (Å²) in [6, 6.07) is 8.68. The summed E-state index contributed by atoms with van der Waals surface area (Å²) in [4.78, 5) is 32.2. The smallest absolute Gasteiger partial charge is 0.410 e. The summed E-state index contributed by atoms with van der Waals surface area (Å²) in [5.74, 6) is 1.74. The lowest BCUT2D eigenvalue weighted by Gasteiger charge is -2.56. The molecule has 4 aromatic heterocycles. The molecule has 8 heterocycles. The maximum absolute atomic E-state index is 15.4. The number of halogens is 1. The average Bonchev–Trinajstić information content (AvgIpc) is 3.47. The molecule has 0 saturated carbocycles. The standard InChI is InChI=1S/C33H36FN9O4/c1-32(2,3)47-31(44)41-18-33(34,19-41)20-46-25-8-26(30-22(9-35)11-39-43(30)17-25)27-12-37-28(13-36-27)40-15-23-7-24(16-40)42(23)14-21-5-6-29(45-4)38-10-21/h5-6,8,10-13,17,23-24H,7,14-16,18-20H2,1-4H3. The number of alkyl halides is 1. The van der Waals surface area contributed by atoms with Crippen LogP contribution in [0.2, 0.25) is 0 Å². The number of piperidine rings is 1. The monoisotopic (exact) mass is 641 g/mol. The fourth-order valence-electron chi connectivity index (χ4n) is 6.44. The first-order chi connectivity index (χ1) is 22.5. The Morgan fingerprint density at radius 2 is 1.89 bits per heavy atom. The summed E-state index contributed by atoms with van der Waals surface area (Å²) in [6.45, 7) is 7.32. The number of nitrogens with zero attached hydrogens (tertiary/aromatic N) is 9. The first kappa shape index (κ1) is 30.6. The largest absolute Gasteiger partial charge is 0.488 e. The van der Waals surface area contributed by atoms with E-state index in [4.69, 9.17) is 24.2 Å². The van der Waals surface area contributed by atoms with Gasteiger partial charge in [0, 0.05) is 49.5 Å². The highest BCUT2D eigenvalue weighted by Crippen LogP contribution is 2.36. The predicted octanol–water partition coefficient (Wildman–Crippen LogP) is 3.87. The third-order valence-electron chi connectivity index (χ3n) is 8.76. The SMILES string of the molecule is COc1ccc(CN2C3CC2CN(c2cnc(-c4cc(OCC5(F)CN(C(=O)OC(C)(C)C)C5)cn5ncc(C#N)c45)cn2)C3)cn1. The van der Waals surface area contributed by atoms with E-state index in [9.17, 15) is 10.1 Å². The van der Waals surface area contributed by atoms with E-state index < -0.39 is 17.4 Å². The van der Waals surface area contributed by atoms with Gasteiger partial charge in [0.15, 0.2) is 5.67 Å². The molecule has 2 bridgehead atoms. The summed E-state index contributed by atoms with van der Waals surface area (Å²) in [6.07, 6.45) is 8.97. The second-order valence-electron chi connectivity index (χ2n) is 13.4. The van der Waals surface area contributed by atoms with Crippen molar-refractivity contribution in [1.29, 1.82) is 5.26 Å². The van der Waals surface area contributed by atoms with Crippen LogP contribution < -0.4 is 14.4 Å². The first-order valence-electron chi connectivity index (χ1n) is 15.5. The number of hydrogen-bond donors (Lipinski definition) is 0. The summed E-state index contributed by atoms with van der Waals surface area (Å²) in [7, 11) is 1.61. The van der Waals surface area contributed by atoms with Crippen molar-refractivity contribution >= 4 is 17.4 Å². The molecule has 244 valence electrons. The first-order valence-corrected chi connectivity index (χ1v) is 15.5. The summed E-state index contributed by atoms with van der Waals surface area (Å²) in [5.41, 5.74) is 0.830. The van der Waals surface area contributed by atoms with Gasteiger partial charge in [-0.05, 0) is 38.8 Å². The number of methoxy groups -OCH3 is 1. The molecule has 4 aliphatic heterocycles. The van der Waals surface area contributed by atoms with E-state index in [2.05, 4.69) is 32.0 Å². The highest BCUT2D eigenvalue weighted by Gasteiger charge is 2.48. The molecule has 8 rings (SSSR count). The Bertz CT molecular complexity index is 1820. The number of amides is 1. The number of nitriles is 1. The topological polar surface area (TPSA) is 134 Å². The molecule has 0 spiro atoms. The Labute approximate surface area is 271 Å². The normalized spacial score (nSPS) is 20.3. The molecule has 4 aromatic rings. The van der Waals surface area contributed by atoms with Crippen LogP contribution in [0, 0.1) is 11.3 Å². The van der Waals surface area contributed by atoms with E-state index in [1.807, 2.05) is 12.3 Å². The molecule has 4 aliphatic rings. The van der Waals surface area contributed by atoms with E-state index in [1.165, 1.54) is 15.6 Å². The lowest BCUT2D eigenvalue weighted by Crippen LogP contribution is -2.68. The maximum atomic E-state index is 15.4. The molecule has 0 radical (unpaired) electrons. The molecule has 0 aliphatic carbocycles. The van der Waals surface area contributed by atoms with Crippen molar-refractivity contribution in [3.8, 4) is 29.0 Å². The molecular formula is C33H36FN9O4. The quantitative estimate of drug-likeness (QED) is 0.278. The lowest BCUT2D eigenvalue weighted by molar-refractivity contribution is -0.0686. The highest BCUT2D eigenvalue weighted by atomic mass is 19.1. The van der Waals surface area contributed by atoms with Crippen LogP contribution in [0.25, 0.3) is 16.8 Å². The van der Waals surface area contributed by atoms with Crippen molar-refractivity contribution in [3.05, 3.63) is 60.3 Å². The number of carbonyl (C=O) groups excluding carboxylic acids is 1. The van der Waals surface area contributed by atoms with Gasteiger partial charge in [-0.15, -0.1) is 0 Å². The lowest BCUT2D eigenvalue weighted by atomic mass is 9.87. The molecule has 2 atom stereocenters. The van der Waals surface area contributed by atoms with Crippen LogP contribution in [0.3, 0.4) is 0 Å². The van der Waals surface area contributed by atoms with Crippen LogP contribution in [0.4, 0.5) is 15.0 Å². The van der Waals surface area contributed by atoms with E-state index in [1.54, 1.807) is 52.5 Å². The van der Waals surface area contributed by atoms with Crippen molar-refractivity contribution < 1.29 is 23.4 Å². The van der Waals surface area contributed by atoms with Crippen LogP contribution >= 0.6 is 0 Å². The van der Waals surface area contributed by atoms with Gasteiger partial charge in [-0.2, -0.15) is 10.4 Å². The second-order valence-corrected chi connectivity index (χ2v) is 13.4. The van der Waals surface area contributed by atoms with E-state index in [0.29, 0.717) is 46.1 Å². The van der Waals surface area contributed by atoms with Crippen molar-refractivity contribution in [2.45, 2.75) is 57.1 Å². The molecule has 1 amide bonds. The van der Waals surface area contributed by atoms with Gasteiger partial charge < -0.3 is 24.0 Å². The van der Waals surface area contributed by atoms with Crippen LogP contribution in [0.1, 0.15) is 38.3 Å². The zero-order chi connectivity index (χ0) is 32.9. The van der Waals surface area contributed by atoms with E-state index >= 15 is 4.39 Å². The van der Waals surface area contributed by atoms with E-state index in [0.717, 1.165) is 37.4 Å². The minimum absolute atomic E-state index is 0.126. The van der Waals surface area contributed by atoms with Gasteiger partial charge in [-0.25, -0.2) is 23.7 Å². The van der Waals surface area contributed by atoms with Crippen molar-refractivity contribution in [2.24, 2.45) is 0 Å². The fraction of sp³-hybridized carbons (Fsp3) is 0.455. The molecule has 4 saturated heterocycles. The summed E-state index contributed by atoms with van der Waals surface area (Å²) < 4.78 is 33.3. The Kier molecular flexibility index (Phi) is 7.59. The number of rotatable bonds is 8. The third-order valence-corrected chi connectivity index (χ3v) is 8.76. The number of pyridine rings is 2. The number of likely N-dealkylation sites (tertiary alicyclic amines) is 1. The highest BCUT2D eigenvalue weighted by molar-refractivity contribution is 5.83. The molecule has 4 fully saturated rings. The van der Waals surface area contributed by atoms with Gasteiger partial charge in [-0.3, -0.25) is 9.88 Å². The molecular weight excluding hydrogens is 605 g/mol. The minimum atomic E-state index is -1.72. The zero-order valence-electron chi connectivity index (χ0n) is 26.8. The van der Waals surface area contributed by atoms with Crippen LogP contribution in [0.5, 0.6) is 11.6 Å². The Morgan fingerprint density at radius 1 is 1.11 bits per heavy atom. The number of anilines is 1. The van der Waals surface area contributed by atoms with Crippen LogP contribution in [0.15, 0.2) is 49.2 Å². The molecule has 47 heavy (non-hydrogen) atoms. The van der Waals surface area contributed by atoms with Gasteiger partial charge in [0.1, 0.15) is 29.8 Å². The number of aromatic nitrogens is 5. The van der Waals surface area contributed by atoms with Crippen molar-refractivity contribution in [1.82, 2.24) is 34.4 Å². The van der Waals surface area contributed by atoms with Gasteiger partial charge in [-0.1, -0.05) is 6.07 Å². The second kappa shape index (κ2) is 11.6. The number of fused-ring (bicyclic) bond motifs is 3. The Morgan fingerprint density at radius 3 is 2.53 bits per heavy atom. The number of hydrogen-bond acceptors (Lipinski definition) is 11. The van der Waals surface area contributed by atoms with Crippen LogP contribution in [-0.4, -0.2) is 104 Å². The van der Waals surface area contributed by atoms with Gasteiger partial charge in [0.2, 0.25) is 5.88 Å². The van der Waals surface area contributed by atoms with E-state index in [-0.39, 0.29) is 19.7 Å². The maximum Gasteiger partial charge on any atom is 0.410 e. The summed E-state index contributed by atoms with van der Waals surface area (Å²) >= 11 is 0. The minimum Gasteiger partial charge on any atom is -0.488 e. The van der Waals surface area contributed by atoms with Gasteiger partial charge >= 0.3 is 6.09 Å². The molecule has 14 heteroatoms. The number of ether oxygens (including phenoxy) is 3. The predicted molar refractivity (Wildman–Crippen MR) is 169 cm³/mol. The van der Waals surface area contributed by atoms with Crippen molar-refractivity contribution in [2.75, 3.05) is 44.8 Å². The van der Waals surface area contributed by atoms with Crippen molar-refractivity contribution in [3.63, 3.8) is 0 Å². The molecule has 13 nitrogen and oxygen atoms in total. The number of piperazine rings is 1. The third kappa shape index (κ3) is 6.10. The average molecular weight is 642 g/mol. The molecule has 0 N–H and O–H groups in total.